The number of nitrogens with zero attached hydrogens (tertiary/aromatic N) is 5. The number of benzene rings is 1. The first-order valence-electron chi connectivity index (χ1n) is 13.1. The molecule has 10 nitrogen and oxygen atoms in total. The molecule has 39 heavy (non-hydrogen) atoms. The Morgan fingerprint density at radius 3 is 2.82 bits per heavy atom. The van der Waals surface area contributed by atoms with Crippen LogP contribution < -0.4 is 10.1 Å². The van der Waals surface area contributed by atoms with Crippen molar-refractivity contribution < 1.29 is 19.4 Å². The van der Waals surface area contributed by atoms with E-state index in [1.54, 1.807) is 28.9 Å². The third-order valence-corrected chi connectivity index (χ3v) is 6.72. The quantitative estimate of drug-likeness (QED) is 0.250. The van der Waals surface area contributed by atoms with Crippen LogP contribution in [0.2, 0.25) is 0 Å². The number of aliphatic hydroxyl groups is 1. The van der Waals surface area contributed by atoms with Crippen LogP contribution in [0.5, 0.6) is 5.75 Å². The highest BCUT2D eigenvalue weighted by Crippen LogP contribution is 2.44. The Morgan fingerprint density at radius 1 is 1.13 bits per heavy atom. The number of ether oxygens (including phenoxy) is 2. The first kappa shape index (κ1) is 25.0. The average molecular weight is 527 g/mol. The number of aliphatic hydroxyl groups excluding tert-OH is 1. The molecular weight excluding hydrogens is 496 g/mol. The fraction of sp³-hybridized carbons (Fsp3) is 0.310. The summed E-state index contributed by atoms with van der Waals surface area (Å²) < 4.78 is 14.6. The van der Waals surface area contributed by atoms with Gasteiger partial charge in [-0.25, -0.2) is 4.98 Å². The van der Waals surface area contributed by atoms with Crippen molar-refractivity contribution in [3.8, 4) is 5.75 Å². The maximum absolute atomic E-state index is 13.4. The van der Waals surface area contributed by atoms with Gasteiger partial charge in [0.05, 0.1) is 55.2 Å². The fourth-order valence-electron chi connectivity index (χ4n) is 4.76. The SMILES string of the molecule is Cc1cccc(Cn2nc(C3CC3)c3c(NC(=O)c4cnc5cc(OCCOCCO)ccn45)cccc32)n1. The summed E-state index contributed by atoms with van der Waals surface area (Å²) in [6.07, 6.45) is 5.53. The second-order valence-electron chi connectivity index (χ2n) is 9.66. The smallest absolute Gasteiger partial charge is 0.274 e. The van der Waals surface area contributed by atoms with Gasteiger partial charge in [0, 0.05) is 29.3 Å². The van der Waals surface area contributed by atoms with Gasteiger partial charge in [0.2, 0.25) is 0 Å². The summed E-state index contributed by atoms with van der Waals surface area (Å²) in [6.45, 7) is 3.53. The zero-order valence-electron chi connectivity index (χ0n) is 21.7. The van der Waals surface area contributed by atoms with E-state index in [0.29, 0.717) is 42.8 Å². The molecule has 5 aromatic rings. The highest BCUT2D eigenvalue weighted by molar-refractivity contribution is 6.09. The molecule has 0 atom stereocenters. The third kappa shape index (κ3) is 5.34. The average Bonchev–Trinajstić information content (AvgIpc) is 3.59. The van der Waals surface area contributed by atoms with Gasteiger partial charge < -0.3 is 19.9 Å². The normalized spacial score (nSPS) is 13.3. The number of carbonyl (C=O) groups excluding carboxylic acids is 1. The van der Waals surface area contributed by atoms with Crippen molar-refractivity contribution in [1.29, 1.82) is 0 Å². The number of rotatable bonds is 11. The lowest BCUT2D eigenvalue weighted by Crippen LogP contribution is -2.14. The standard InChI is InChI=1S/C29H30N6O4/c1-19-4-2-5-21(31-19)18-35-24-7-3-6-23(27(24)28(33-35)20-8-9-20)32-29(37)25-17-30-26-16-22(10-11-34(25)26)39-15-14-38-13-12-36/h2-7,10-11,16-17,20,36H,8-9,12-15,18H2,1H3,(H,32,37). The lowest BCUT2D eigenvalue weighted by molar-refractivity contribution is 0.0705. The van der Waals surface area contributed by atoms with Crippen LogP contribution in [0.4, 0.5) is 5.69 Å². The molecule has 0 radical (unpaired) electrons. The molecule has 0 aliphatic heterocycles. The van der Waals surface area contributed by atoms with Crippen molar-refractivity contribution in [2.24, 2.45) is 0 Å². The van der Waals surface area contributed by atoms with E-state index >= 15 is 0 Å². The van der Waals surface area contributed by atoms with Crippen molar-refractivity contribution in [1.82, 2.24) is 24.1 Å². The molecule has 1 aromatic carbocycles. The van der Waals surface area contributed by atoms with Crippen LogP contribution >= 0.6 is 0 Å². The van der Waals surface area contributed by atoms with Crippen molar-refractivity contribution in [2.75, 3.05) is 31.7 Å². The Bertz CT molecular complexity index is 1640. The first-order chi connectivity index (χ1) is 19.1. The lowest BCUT2D eigenvalue weighted by atomic mass is 10.1. The number of aryl methyl sites for hydroxylation is 1. The van der Waals surface area contributed by atoms with E-state index in [-0.39, 0.29) is 19.1 Å². The van der Waals surface area contributed by atoms with E-state index in [1.165, 1.54) is 0 Å². The van der Waals surface area contributed by atoms with Crippen LogP contribution in [-0.2, 0) is 11.3 Å². The number of amides is 1. The Labute approximate surface area is 225 Å². The van der Waals surface area contributed by atoms with Crippen LogP contribution in [0, 0.1) is 6.92 Å². The molecule has 1 aliphatic carbocycles. The van der Waals surface area contributed by atoms with Crippen molar-refractivity contribution >= 4 is 28.1 Å². The third-order valence-electron chi connectivity index (χ3n) is 6.72. The van der Waals surface area contributed by atoms with Crippen LogP contribution in [0.1, 0.15) is 46.3 Å². The van der Waals surface area contributed by atoms with E-state index in [9.17, 15) is 4.79 Å². The van der Waals surface area contributed by atoms with Gasteiger partial charge in [0.25, 0.3) is 5.91 Å². The van der Waals surface area contributed by atoms with E-state index in [0.717, 1.165) is 46.5 Å². The largest absolute Gasteiger partial charge is 0.491 e. The Kier molecular flexibility index (Phi) is 6.95. The molecular formula is C29H30N6O4. The van der Waals surface area contributed by atoms with Gasteiger partial charge in [-0.15, -0.1) is 0 Å². The maximum Gasteiger partial charge on any atom is 0.274 e. The summed E-state index contributed by atoms with van der Waals surface area (Å²) in [5.41, 5.74) is 5.67. The summed E-state index contributed by atoms with van der Waals surface area (Å²) in [6, 6.07) is 15.5. The van der Waals surface area contributed by atoms with E-state index in [1.807, 2.05) is 48.0 Å². The molecule has 0 unspecified atom stereocenters. The van der Waals surface area contributed by atoms with Crippen LogP contribution in [0.15, 0.2) is 60.9 Å². The summed E-state index contributed by atoms with van der Waals surface area (Å²) in [7, 11) is 0. The number of pyridine rings is 2. The highest BCUT2D eigenvalue weighted by atomic mass is 16.5. The van der Waals surface area contributed by atoms with Crippen LogP contribution in [0.3, 0.4) is 0 Å². The minimum Gasteiger partial charge on any atom is -0.491 e. The minimum absolute atomic E-state index is 0.0193. The number of anilines is 1. The fourth-order valence-corrected chi connectivity index (χ4v) is 4.76. The number of aromatic nitrogens is 5. The Hall–Kier alpha value is -4.28. The summed E-state index contributed by atoms with van der Waals surface area (Å²) in [4.78, 5) is 22.5. The molecule has 10 heteroatoms. The molecule has 4 aromatic heterocycles. The Balaban J connectivity index is 1.25. The van der Waals surface area contributed by atoms with Crippen molar-refractivity contribution in [3.05, 3.63) is 83.7 Å². The molecule has 2 N–H and O–H groups in total. The van der Waals surface area contributed by atoms with E-state index in [4.69, 9.17) is 19.7 Å². The predicted molar refractivity (Wildman–Crippen MR) is 146 cm³/mol. The predicted octanol–water partition coefficient (Wildman–Crippen LogP) is 3.95. The van der Waals surface area contributed by atoms with Gasteiger partial charge in [-0.05, 0) is 50.1 Å². The van der Waals surface area contributed by atoms with Gasteiger partial charge in [0.15, 0.2) is 0 Å². The van der Waals surface area contributed by atoms with Crippen molar-refractivity contribution in [2.45, 2.75) is 32.2 Å². The monoisotopic (exact) mass is 526 g/mol. The second-order valence-corrected chi connectivity index (χ2v) is 9.66. The number of imidazole rings is 1. The van der Waals surface area contributed by atoms with Gasteiger partial charge >= 0.3 is 0 Å². The molecule has 1 fully saturated rings. The molecule has 1 amide bonds. The zero-order valence-corrected chi connectivity index (χ0v) is 21.7. The summed E-state index contributed by atoms with van der Waals surface area (Å²) >= 11 is 0. The van der Waals surface area contributed by atoms with Crippen LogP contribution in [-0.4, -0.2) is 61.6 Å². The second kappa shape index (κ2) is 10.8. The number of fused-ring (bicyclic) bond motifs is 2. The molecule has 4 heterocycles. The molecule has 6 rings (SSSR count). The molecule has 0 saturated heterocycles. The number of nitrogens with one attached hydrogen (secondary N) is 1. The number of hydrogen-bond acceptors (Lipinski definition) is 7. The number of hydrogen-bond donors (Lipinski definition) is 2. The van der Waals surface area contributed by atoms with E-state index < -0.39 is 0 Å². The first-order valence-corrected chi connectivity index (χ1v) is 13.1. The van der Waals surface area contributed by atoms with Gasteiger partial charge in [-0.2, -0.15) is 5.10 Å². The molecule has 200 valence electrons. The lowest BCUT2D eigenvalue weighted by Gasteiger charge is -2.09. The number of carbonyl (C=O) groups is 1. The molecule has 1 saturated carbocycles. The molecule has 1 aliphatic rings. The van der Waals surface area contributed by atoms with Gasteiger partial charge in [-0.1, -0.05) is 12.1 Å². The van der Waals surface area contributed by atoms with Crippen LogP contribution in [0.25, 0.3) is 16.6 Å². The summed E-state index contributed by atoms with van der Waals surface area (Å²) in [5, 5.41) is 17.9. The summed E-state index contributed by atoms with van der Waals surface area (Å²) in [5.74, 6) is 0.776. The topological polar surface area (TPSA) is 116 Å². The molecule has 0 bridgehead atoms. The highest BCUT2D eigenvalue weighted by Gasteiger charge is 2.30. The maximum atomic E-state index is 13.4. The van der Waals surface area contributed by atoms with Gasteiger partial charge in [0.1, 0.15) is 23.7 Å². The van der Waals surface area contributed by atoms with Gasteiger partial charge in [-0.3, -0.25) is 18.9 Å². The van der Waals surface area contributed by atoms with Crippen molar-refractivity contribution in [3.63, 3.8) is 0 Å². The molecule has 0 spiro atoms. The van der Waals surface area contributed by atoms with E-state index in [2.05, 4.69) is 15.3 Å². The minimum atomic E-state index is -0.254. The Morgan fingerprint density at radius 2 is 2.00 bits per heavy atom. The zero-order chi connectivity index (χ0) is 26.8.